The van der Waals surface area contributed by atoms with Crippen LogP contribution in [0.25, 0.3) is 0 Å². The second-order valence-electron chi connectivity index (χ2n) is 5.21. The topological polar surface area (TPSA) is 98.4 Å². The molecule has 0 unspecified atom stereocenters. The van der Waals surface area contributed by atoms with Gasteiger partial charge < -0.3 is 14.5 Å². The van der Waals surface area contributed by atoms with Crippen molar-refractivity contribution in [2.75, 3.05) is 13.2 Å². The Balaban J connectivity index is 2.08. The van der Waals surface area contributed by atoms with E-state index in [0.717, 1.165) is 0 Å². The van der Waals surface area contributed by atoms with E-state index in [4.69, 9.17) is 21.1 Å². The number of nitrogens with zero attached hydrogens (tertiary/aromatic N) is 1. The lowest BCUT2D eigenvalue weighted by atomic mass is 10.1. The number of hydrogen-bond acceptors (Lipinski definition) is 6. The molecule has 0 aromatic carbocycles. The molecule has 2 heterocycles. The number of hydrogen-bond donors (Lipinski definition) is 1. The van der Waals surface area contributed by atoms with Crippen molar-refractivity contribution >= 4 is 29.3 Å². The fourth-order valence-electron chi connectivity index (χ4n) is 2.32. The van der Waals surface area contributed by atoms with E-state index in [-0.39, 0.29) is 23.0 Å². The Morgan fingerprint density at radius 2 is 1.88 bits per heavy atom. The summed E-state index contributed by atoms with van der Waals surface area (Å²) >= 11 is 5.65. The highest BCUT2D eigenvalue weighted by Gasteiger charge is 2.23. The average Bonchev–Trinajstić information content (AvgIpc) is 2.88. The van der Waals surface area contributed by atoms with E-state index in [1.54, 1.807) is 20.8 Å². The zero-order valence-electron chi connectivity index (χ0n) is 14.0. The van der Waals surface area contributed by atoms with E-state index < -0.39 is 24.3 Å². The molecule has 0 amide bonds. The first-order valence-electron chi connectivity index (χ1n) is 7.53. The minimum Gasteiger partial charge on any atom is -0.462 e. The highest BCUT2D eigenvalue weighted by molar-refractivity contribution is 6.29. The lowest BCUT2D eigenvalue weighted by Crippen LogP contribution is -2.16. The molecule has 0 atom stereocenters. The molecular weight excluding hydrogens is 348 g/mol. The van der Waals surface area contributed by atoms with Gasteiger partial charge in [0.1, 0.15) is 5.15 Å². The van der Waals surface area contributed by atoms with Crippen molar-refractivity contribution < 1.29 is 23.9 Å². The minimum atomic E-state index is -0.691. The summed E-state index contributed by atoms with van der Waals surface area (Å²) in [6.45, 7) is 4.77. The summed E-state index contributed by atoms with van der Waals surface area (Å²) in [4.78, 5) is 42.8. The molecule has 2 rings (SSSR count). The van der Waals surface area contributed by atoms with E-state index >= 15 is 0 Å². The monoisotopic (exact) mass is 364 g/mol. The van der Waals surface area contributed by atoms with Crippen LogP contribution < -0.4 is 0 Å². The molecule has 0 spiro atoms. The number of aromatic nitrogens is 2. The summed E-state index contributed by atoms with van der Waals surface area (Å²) < 4.78 is 9.96. The van der Waals surface area contributed by atoms with Gasteiger partial charge in [-0.25, -0.2) is 14.6 Å². The number of carbonyl (C=O) groups excluding carboxylic acids is 3. The maximum atomic E-state index is 12.3. The smallest absolute Gasteiger partial charge is 0.340 e. The van der Waals surface area contributed by atoms with Crippen LogP contribution in [0.5, 0.6) is 0 Å². The molecule has 0 aliphatic carbocycles. The summed E-state index contributed by atoms with van der Waals surface area (Å²) in [5, 5.41) is 0.247. The van der Waals surface area contributed by atoms with Crippen LogP contribution in [0.3, 0.4) is 0 Å². The largest absolute Gasteiger partial charge is 0.462 e. The number of H-pyrrole nitrogens is 1. The Bertz CT molecular complexity index is 811. The van der Waals surface area contributed by atoms with Gasteiger partial charge in [0.05, 0.1) is 23.4 Å². The van der Waals surface area contributed by atoms with Crippen LogP contribution in [0, 0.1) is 13.8 Å². The molecule has 0 saturated carbocycles. The molecular formula is C17H17ClN2O5. The second-order valence-corrected chi connectivity index (χ2v) is 5.60. The van der Waals surface area contributed by atoms with Gasteiger partial charge in [-0.15, -0.1) is 0 Å². The fraction of sp³-hybridized carbons (Fsp3) is 0.294. The number of ketones is 1. The molecule has 0 aliphatic heterocycles. The van der Waals surface area contributed by atoms with Crippen molar-refractivity contribution in [3.05, 3.63) is 51.6 Å². The fourth-order valence-corrected chi connectivity index (χ4v) is 2.43. The molecule has 0 bridgehead atoms. The van der Waals surface area contributed by atoms with E-state index in [9.17, 15) is 14.4 Å². The van der Waals surface area contributed by atoms with E-state index in [1.807, 2.05) is 0 Å². The van der Waals surface area contributed by atoms with Gasteiger partial charge in [-0.1, -0.05) is 11.6 Å². The number of rotatable bonds is 6. The van der Waals surface area contributed by atoms with Gasteiger partial charge >= 0.3 is 11.9 Å². The van der Waals surface area contributed by atoms with Gasteiger partial charge in [-0.3, -0.25) is 4.79 Å². The maximum Gasteiger partial charge on any atom is 0.340 e. The number of carbonyl (C=O) groups is 3. The van der Waals surface area contributed by atoms with Crippen LogP contribution in [0.4, 0.5) is 0 Å². The van der Waals surface area contributed by atoms with Gasteiger partial charge in [-0.05, 0) is 38.5 Å². The van der Waals surface area contributed by atoms with Crippen LogP contribution in [0.2, 0.25) is 5.15 Å². The third-order valence-electron chi connectivity index (χ3n) is 3.49. The number of nitrogens with one attached hydrogen (secondary N) is 1. The van der Waals surface area contributed by atoms with E-state index in [0.29, 0.717) is 16.8 Å². The number of aryl methyl sites for hydroxylation is 1. The van der Waals surface area contributed by atoms with Gasteiger partial charge in [0.15, 0.2) is 6.61 Å². The van der Waals surface area contributed by atoms with Crippen molar-refractivity contribution in [2.45, 2.75) is 20.8 Å². The molecule has 2 aromatic heterocycles. The van der Waals surface area contributed by atoms with Gasteiger partial charge in [0.25, 0.3) is 0 Å². The molecule has 0 radical (unpaired) electrons. The lowest BCUT2D eigenvalue weighted by molar-refractivity contribution is 0.0471. The number of Topliss-reactive ketones (excluding diaryl/α,β-unsaturated/α-hetero) is 1. The number of ether oxygens (including phenoxy) is 2. The third kappa shape index (κ3) is 4.24. The first kappa shape index (κ1) is 18.7. The summed E-state index contributed by atoms with van der Waals surface area (Å²) in [5.74, 6) is -1.65. The highest BCUT2D eigenvalue weighted by atomic mass is 35.5. The first-order valence-corrected chi connectivity index (χ1v) is 7.91. The number of halogens is 1. The molecule has 8 heteroatoms. The Kier molecular flexibility index (Phi) is 5.93. The van der Waals surface area contributed by atoms with Crippen molar-refractivity contribution in [2.24, 2.45) is 0 Å². The molecule has 1 N–H and O–H groups in total. The number of pyridine rings is 1. The maximum absolute atomic E-state index is 12.3. The minimum absolute atomic E-state index is 0.184. The Labute approximate surface area is 149 Å². The summed E-state index contributed by atoms with van der Waals surface area (Å²) in [7, 11) is 0. The summed E-state index contributed by atoms with van der Waals surface area (Å²) in [5.41, 5.74) is 1.70. The average molecular weight is 365 g/mol. The molecule has 7 nitrogen and oxygen atoms in total. The number of aromatic amines is 1. The van der Waals surface area contributed by atoms with Crippen LogP contribution in [-0.4, -0.2) is 40.9 Å². The zero-order chi connectivity index (χ0) is 18.6. The zero-order valence-corrected chi connectivity index (χ0v) is 14.8. The Morgan fingerprint density at radius 1 is 1.16 bits per heavy atom. The standard InChI is InChI=1S/C17H17ClN2O5/c1-4-24-17(23)14-9(2)15(20-10(14)3)12(21)8-25-16(22)11-5-6-13(18)19-7-11/h5-7,20H,4,8H2,1-3H3. The van der Waals surface area contributed by atoms with Gasteiger partial charge in [0.2, 0.25) is 5.78 Å². The predicted octanol–water partition coefficient (Wildman–Crippen LogP) is 2.90. The van der Waals surface area contributed by atoms with Crippen molar-refractivity contribution in [3.8, 4) is 0 Å². The van der Waals surface area contributed by atoms with Crippen molar-refractivity contribution in [1.29, 1.82) is 0 Å². The number of esters is 2. The van der Waals surface area contributed by atoms with Crippen LogP contribution in [0.1, 0.15) is 49.4 Å². The second kappa shape index (κ2) is 7.94. The van der Waals surface area contributed by atoms with Crippen LogP contribution >= 0.6 is 11.6 Å². The van der Waals surface area contributed by atoms with Gasteiger partial charge in [0, 0.05) is 11.9 Å². The summed E-state index contributed by atoms with van der Waals surface area (Å²) in [6.07, 6.45) is 1.26. The molecule has 0 aliphatic rings. The van der Waals surface area contributed by atoms with Gasteiger partial charge in [-0.2, -0.15) is 0 Å². The van der Waals surface area contributed by atoms with Crippen LogP contribution in [0.15, 0.2) is 18.3 Å². The quantitative estimate of drug-likeness (QED) is 0.480. The molecule has 25 heavy (non-hydrogen) atoms. The van der Waals surface area contributed by atoms with E-state index in [1.165, 1.54) is 18.3 Å². The van der Waals surface area contributed by atoms with Crippen LogP contribution in [-0.2, 0) is 9.47 Å². The van der Waals surface area contributed by atoms with E-state index in [2.05, 4.69) is 9.97 Å². The van der Waals surface area contributed by atoms with Crippen molar-refractivity contribution in [3.63, 3.8) is 0 Å². The highest BCUT2D eigenvalue weighted by Crippen LogP contribution is 2.19. The normalized spacial score (nSPS) is 10.4. The predicted molar refractivity (Wildman–Crippen MR) is 90.1 cm³/mol. The first-order chi connectivity index (χ1) is 11.8. The third-order valence-corrected chi connectivity index (χ3v) is 3.72. The molecule has 0 saturated heterocycles. The molecule has 0 fully saturated rings. The molecule has 132 valence electrons. The SMILES string of the molecule is CCOC(=O)c1c(C)[nH]c(C(=O)COC(=O)c2ccc(Cl)nc2)c1C. The van der Waals surface area contributed by atoms with Crippen molar-refractivity contribution in [1.82, 2.24) is 9.97 Å². The Morgan fingerprint density at radius 3 is 2.48 bits per heavy atom. The Hall–Kier alpha value is -2.67. The molecule has 2 aromatic rings. The summed E-state index contributed by atoms with van der Waals surface area (Å²) in [6, 6.07) is 2.90. The lowest BCUT2D eigenvalue weighted by Gasteiger charge is -2.05.